The van der Waals surface area contributed by atoms with Crippen LogP contribution < -0.4 is 16.0 Å². The average molecular weight is 387 g/mol. The minimum absolute atomic E-state index is 0.121. The van der Waals surface area contributed by atoms with Crippen molar-refractivity contribution in [3.05, 3.63) is 48.5 Å². The summed E-state index contributed by atoms with van der Waals surface area (Å²) in [5.74, 6) is 0.151. The van der Waals surface area contributed by atoms with Gasteiger partial charge in [-0.15, -0.1) is 11.3 Å². The van der Waals surface area contributed by atoms with Crippen LogP contribution in [0.2, 0.25) is 0 Å². The van der Waals surface area contributed by atoms with E-state index in [1.54, 1.807) is 35.6 Å². The number of benzene rings is 2. The summed E-state index contributed by atoms with van der Waals surface area (Å²) in [6, 6.07) is 14.7. The van der Waals surface area contributed by atoms with E-state index in [4.69, 9.17) is 0 Å². The Morgan fingerprint density at radius 3 is 2.62 bits per heavy atom. The molecule has 3 N–H and O–H groups in total. The van der Waals surface area contributed by atoms with E-state index >= 15 is 0 Å². The van der Waals surface area contributed by atoms with Crippen LogP contribution in [0, 0.1) is 0 Å². The van der Waals surface area contributed by atoms with Crippen LogP contribution in [0.25, 0.3) is 10.2 Å². The highest BCUT2D eigenvalue weighted by atomic mass is 32.2. The minimum atomic E-state index is -0.276. The summed E-state index contributed by atoms with van der Waals surface area (Å²) in [5.41, 5.74) is 2.20. The number of carbonyl (C=O) groups excluding carboxylic acids is 2. The molecule has 2 aromatic carbocycles. The Balaban J connectivity index is 1.55. The number of rotatable bonds is 6. The quantitative estimate of drug-likeness (QED) is 0.555. The Bertz CT molecular complexity index is 893. The van der Waals surface area contributed by atoms with Crippen LogP contribution in [0.1, 0.15) is 6.92 Å². The molecule has 1 aromatic heterocycles. The number of anilines is 2. The number of hydrogen-bond donors (Lipinski definition) is 3. The van der Waals surface area contributed by atoms with Gasteiger partial charge >= 0.3 is 6.03 Å². The normalized spacial score (nSPS) is 10.5. The fourth-order valence-electron chi connectivity index (χ4n) is 2.25. The lowest BCUT2D eigenvalue weighted by atomic mass is 10.3. The van der Waals surface area contributed by atoms with E-state index in [0.717, 1.165) is 14.6 Å². The molecule has 0 aliphatic heterocycles. The lowest BCUT2D eigenvalue weighted by Crippen LogP contribution is -2.28. The summed E-state index contributed by atoms with van der Waals surface area (Å²) in [6.45, 7) is 2.39. The van der Waals surface area contributed by atoms with Gasteiger partial charge in [0, 0.05) is 17.9 Å². The Hall–Kier alpha value is -2.58. The Kier molecular flexibility index (Phi) is 6.08. The molecule has 0 radical (unpaired) electrons. The predicted molar refractivity (Wildman–Crippen MR) is 108 cm³/mol. The largest absolute Gasteiger partial charge is 0.338 e. The van der Waals surface area contributed by atoms with Gasteiger partial charge in [0.1, 0.15) is 0 Å². The number of amides is 3. The number of aromatic nitrogens is 1. The Morgan fingerprint density at radius 2 is 1.85 bits per heavy atom. The highest BCUT2D eigenvalue weighted by Crippen LogP contribution is 2.29. The summed E-state index contributed by atoms with van der Waals surface area (Å²) in [4.78, 5) is 28.2. The maximum absolute atomic E-state index is 12.2. The second-order valence-electron chi connectivity index (χ2n) is 5.35. The third kappa shape index (κ3) is 4.96. The summed E-state index contributed by atoms with van der Waals surface area (Å²) >= 11 is 2.99. The van der Waals surface area contributed by atoms with E-state index in [9.17, 15) is 9.59 Å². The summed E-state index contributed by atoms with van der Waals surface area (Å²) < 4.78 is 1.98. The molecule has 3 aromatic rings. The van der Waals surface area contributed by atoms with Crippen molar-refractivity contribution in [1.82, 2.24) is 10.3 Å². The molecule has 0 spiro atoms. The maximum atomic E-state index is 12.2. The molecule has 3 amide bonds. The Morgan fingerprint density at radius 1 is 1.08 bits per heavy atom. The van der Waals surface area contributed by atoms with E-state index in [1.807, 2.05) is 31.2 Å². The molecule has 0 aliphatic rings. The van der Waals surface area contributed by atoms with Crippen molar-refractivity contribution < 1.29 is 9.59 Å². The van der Waals surface area contributed by atoms with E-state index in [2.05, 4.69) is 20.9 Å². The molecule has 0 fully saturated rings. The number of fused-ring (bicyclic) bond motifs is 1. The van der Waals surface area contributed by atoms with Gasteiger partial charge in [0.15, 0.2) is 4.34 Å². The van der Waals surface area contributed by atoms with Crippen LogP contribution in [0.15, 0.2) is 52.9 Å². The van der Waals surface area contributed by atoms with Gasteiger partial charge in [-0.25, -0.2) is 9.78 Å². The second kappa shape index (κ2) is 8.68. The lowest BCUT2D eigenvalue weighted by Gasteiger charge is -2.09. The first-order valence-electron chi connectivity index (χ1n) is 8.07. The molecule has 6 nitrogen and oxygen atoms in total. The van der Waals surface area contributed by atoms with Crippen LogP contribution in [0.4, 0.5) is 16.2 Å². The van der Waals surface area contributed by atoms with Crippen molar-refractivity contribution in [1.29, 1.82) is 0 Å². The van der Waals surface area contributed by atoms with Crippen molar-refractivity contribution in [3.8, 4) is 0 Å². The summed E-state index contributed by atoms with van der Waals surface area (Å²) in [5, 5.41) is 8.21. The third-order valence-electron chi connectivity index (χ3n) is 3.34. The van der Waals surface area contributed by atoms with Gasteiger partial charge < -0.3 is 16.0 Å². The van der Waals surface area contributed by atoms with Crippen LogP contribution in [-0.2, 0) is 4.79 Å². The standard InChI is InChI=1S/C18H18N4O2S2/c1-2-19-17(24)21-13-7-5-6-12(10-13)20-16(23)11-25-18-22-14-8-3-4-9-15(14)26-18/h3-10H,2,11H2,1H3,(H,20,23)(H2,19,21,24). The van der Waals surface area contributed by atoms with Crippen LogP contribution in [0.3, 0.4) is 0 Å². The van der Waals surface area contributed by atoms with Crippen molar-refractivity contribution in [2.24, 2.45) is 0 Å². The zero-order valence-electron chi connectivity index (χ0n) is 14.1. The zero-order chi connectivity index (χ0) is 18.4. The summed E-state index contributed by atoms with van der Waals surface area (Å²) in [7, 11) is 0. The minimum Gasteiger partial charge on any atom is -0.338 e. The number of nitrogens with zero attached hydrogens (tertiary/aromatic N) is 1. The Labute approximate surface area is 159 Å². The molecule has 134 valence electrons. The van der Waals surface area contributed by atoms with E-state index in [1.165, 1.54) is 11.8 Å². The lowest BCUT2D eigenvalue weighted by molar-refractivity contribution is -0.113. The van der Waals surface area contributed by atoms with Gasteiger partial charge in [0.2, 0.25) is 5.91 Å². The van der Waals surface area contributed by atoms with Crippen molar-refractivity contribution in [2.45, 2.75) is 11.3 Å². The van der Waals surface area contributed by atoms with Crippen LogP contribution >= 0.6 is 23.1 Å². The smallest absolute Gasteiger partial charge is 0.319 e. The number of para-hydroxylation sites is 1. The number of urea groups is 1. The predicted octanol–water partition coefficient (Wildman–Crippen LogP) is 4.17. The molecular formula is C18H18N4O2S2. The molecule has 0 saturated heterocycles. The molecule has 8 heteroatoms. The first kappa shape index (κ1) is 18.2. The van der Waals surface area contributed by atoms with Crippen molar-refractivity contribution >= 4 is 56.6 Å². The third-order valence-corrected chi connectivity index (χ3v) is 5.52. The van der Waals surface area contributed by atoms with Gasteiger partial charge in [-0.3, -0.25) is 4.79 Å². The molecule has 0 bridgehead atoms. The zero-order valence-corrected chi connectivity index (χ0v) is 15.7. The molecule has 0 saturated carbocycles. The summed E-state index contributed by atoms with van der Waals surface area (Å²) in [6.07, 6.45) is 0. The van der Waals surface area contributed by atoms with Crippen molar-refractivity contribution in [2.75, 3.05) is 22.9 Å². The topological polar surface area (TPSA) is 83.1 Å². The highest BCUT2D eigenvalue weighted by molar-refractivity contribution is 8.01. The van der Waals surface area contributed by atoms with Gasteiger partial charge in [-0.2, -0.15) is 0 Å². The molecule has 3 rings (SSSR count). The fraction of sp³-hybridized carbons (Fsp3) is 0.167. The first-order valence-corrected chi connectivity index (χ1v) is 9.87. The molecular weight excluding hydrogens is 368 g/mol. The number of thioether (sulfide) groups is 1. The van der Waals surface area contributed by atoms with Crippen molar-refractivity contribution in [3.63, 3.8) is 0 Å². The number of thiazole rings is 1. The van der Waals surface area contributed by atoms with Gasteiger partial charge in [-0.05, 0) is 37.3 Å². The van der Waals surface area contributed by atoms with Gasteiger partial charge in [-0.1, -0.05) is 30.0 Å². The molecule has 0 atom stereocenters. The average Bonchev–Trinajstić information content (AvgIpc) is 3.03. The fourth-order valence-corrected chi connectivity index (χ4v) is 4.12. The van der Waals surface area contributed by atoms with Gasteiger partial charge in [0.25, 0.3) is 0 Å². The first-order chi connectivity index (χ1) is 12.6. The second-order valence-corrected chi connectivity index (χ2v) is 7.60. The van der Waals surface area contributed by atoms with Gasteiger partial charge in [0.05, 0.1) is 16.0 Å². The number of nitrogens with one attached hydrogen (secondary N) is 3. The van der Waals surface area contributed by atoms with E-state index in [-0.39, 0.29) is 17.7 Å². The molecule has 1 heterocycles. The monoisotopic (exact) mass is 386 g/mol. The number of hydrogen-bond acceptors (Lipinski definition) is 5. The SMILES string of the molecule is CCNC(=O)Nc1cccc(NC(=O)CSc2nc3ccccc3s2)c1. The number of carbonyl (C=O) groups is 2. The highest BCUT2D eigenvalue weighted by Gasteiger charge is 2.08. The van der Waals surface area contributed by atoms with Crippen LogP contribution in [-0.4, -0.2) is 29.2 Å². The van der Waals surface area contributed by atoms with E-state index in [0.29, 0.717) is 17.9 Å². The molecule has 0 aliphatic carbocycles. The molecule has 26 heavy (non-hydrogen) atoms. The van der Waals surface area contributed by atoms with E-state index < -0.39 is 0 Å². The molecule has 0 unspecified atom stereocenters. The van der Waals surface area contributed by atoms with Crippen LogP contribution in [0.5, 0.6) is 0 Å². The maximum Gasteiger partial charge on any atom is 0.319 e.